The highest BCUT2D eigenvalue weighted by molar-refractivity contribution is 5.09. The minimum absolute atomic E-state index is 0.00632. The summed E-state index contributed by atoms with van der Waals surface area (Å²) < 4.78 is 5.69. The first-order valence-corrected chi connectivity index (χ1v) is 9.26. The molecule has 24 heavy (non-hydrogen) atoms. The number of ether oxygens (including phenoxy) is 1. The number of fused-ring (bicyclic) bond motifs is 1. The molecule has 6 heteroatoms. The van der Waals surface area contributed by atoms with Crippen molar-refractivity contribution in [3.05, 3.63) is 12.2 Å². The van der Waals surface area contributed by atoms with E-state index >= 15 is 0 Å². The van der Waals surface area contributed by atoms with E-state index in [0.29, 0.717) is 23.8 Å². The van der Waals surface area contributed by atoms with Crippen LogP contribution in [0.4, 0.5) is 0 Å². The number of aliphatic hydroxyl groups excluding tert-OH is 1. The number of nitrogens with one attached hydrogen (secondary N) is 1. The molecule has 1 aliphatic carbocycles. The summed E-state index contributed by atoms with van der Waals surface area (Å²) in [5, 5.41) is 15.9. The van der Waals surface area contributed by atoms with Crippen LogP contribution in [0.3, 0.4) is 0 Å². The van der Waals surface area contributed by atoms with E-state index in [1.54, 1.807) is 5.01 Å². The topological polar surface area (TPSA) is 74.0 Å². The summed E-state index contributed by atoms with van der Waals surface area (Å²) in [6.45, 7) is 10.9. The standard InChI is InChI=1S/C18H36N4O2/c1-12(2)24-18(23)22-9-8-20-14(4)16-7-6-15(10-17(16)22)13(3)11-21(5)19/h6-7,12-18,20,23H,8-11,19H2,1-5H3. The van der Waals surface area contributed by atoms with Gasteiger partial charge in [0.25, 0.3) is 0 Å². The molecule has 140 valence electrons. The minimum atomic E-state index is -0.843. The third kappa shape index (κ3) is 5.00. The van der Waals surface area contributed by atoms with E-state index in [9.17, 15) is 5.11 Å². The zero-order valence-electron chi connectivity index (χ0n) is 15.9. The van der Waals surface area contributed by atoms with Gasteiger partial charge in [0.15, 0.2) is 0 Å². The summed E-state index contributed by atoms with van der Waals surface area (Å²) in [5.41, 5.74) is 0. The largest absolute Gasteiger partial charge is 0.356 e. The second kappa shape index (κ2) is 8.74. The van der Waals surface area contributed by atoms with Crippen LogP contribution >= 0.6 is 0 Å². The molecule has 6 atom stereocenters. The Balaban J connectivity index is 2.16. The summed E-state index contributed by atoms with van der Waals surface area (Å²) in [7, 11) is 1.91. The highest BCUT2D eigenvalue weighted by Gasteiger charge is 2.40. The average molecular weight is 341 g/mol. The van der Waals surface area contributed by atoms with Crippen molar-refractivity contribution in [2.75, 3.05) is 26.7 Å². The van der Waals surface area contributed by atoms with E-state index in [-0.39, 0.29) is 12.1 Å². The lowest BCUT2D eigenvalue weighted by Gasteiger charge is -2.43. The van der Waals surface area contributed by atoms with Gasteiger partial charge in [-0.05, 0) is 39.0 Å². The Morgan fingerprint density at radius 3 is 2.71 bits per heavy atom. The van der Waals surface area contributed by atoms with E-state index in [1.807, 2.05) is 20.9 Å². The Morgan fingerprint density at radius 1 is 1.38 bits per heavy atom. The van der Waals surface area contributed by atoms with E-state index in [4.69, 9.17) is 10.6 Å². The van der Waals surface area contributed by atoms with Gasteiger partial charge in [0.2, 0.25) is 6.41 Å². The predicted octanol–water partition coefficient (Wildman–Crippen LogP) is 0.984. The second-order valence-electron chi connectivity index (χ2n) is 7.84. The van der Waals surface area contributed by atoms with Crippen LogP contribution in [0.25, 0.3) is 0 Å². The smallest absolute Gasteiger partial charge is 0.216 e. The molecule has 0 radical (unpaired) electrons. The molecule has 1 heterocycles. The number of hydrogen-bond acceptors (Lipinski definition) is 6. The van der Waals surface area contributed by atoms with E-state index in [2.05, 4.69) is 36.2 Å². The van der Waals surface area contributed by atoms with Crippen molar-refractivity contribution in [1.82, 2.24) is 15.2 Å². The summed E-state index contributed by atoms with van der Waals surface area (Å²) in [4.78, 5) is 2.14. The molecule has 0 aromatic carbocycles. The number of rotatable bonds is 6. The van der Waals surface area contributed by atoms with Gasteiger partial charge in [0.1, 0.15) is 0 Å². The van der Waals surface area contributed by atoms with Gasteiger partial charge in [0.05, 0.1) is 6.10 Å². The van der Waals surface area contributed by atoms with Crippen molar-refractivity contribution in [3.8, 4) is 0 Å². The molecule has 1 fully saturated rings. The van der Waals surface area contributed by atoms with Crippen molar-refractivity contribution in [1.29, 1.82) is 0 Å². The van der Waals surface area contributed by atoms with Crippen LogP contribution in [0, 0.1) is 17.8 Å². The normalized spacial score (nSPS) is 34.2. The maximum absolute atomic E-state index is 10.6. The second-order valence-corrected chi connectivity index (χ2v) is 7.84. The van der Waals surface area contributed by atoms with Crippen LogP contribution in [0.2, 0.25) is 0 Å². The molecule has 0 spiro atoms. The van der Waals surface area contributed by atoms with Crippen LogP contribution in [0.5, 0.6) is 0 Å². The zero-order chi connectivity index (χ0) is 17.9. The highest BCUT2D eigenvalue weighted by Crippen LogP contribution is 2.35. The Kier molecular flexibility index (Phi) is 7.22. The Hall–Kier alpha value is -0.500. The third-order valence-corrected chi connectivity index (χ3v) is 5.36. The van der Waals surface area contributed by atoms with E-state index in [1.165, 1.54) is 0 Å². The number of nitrogens with zero attached hydrogens (tertiary/aromatic N) is 2. The summed E-state index contributed by atoms with van der Waals surface area (Å²) in [6.07, 6.45) is 4.88. The lowest BCUT2D eigenvalue weighted by Crippen LogP contribution is -2.52. The highest BCUT2D eigenvalue weighted by atomic mass is 16.6. The van der Waals surface area contributed by atoms with Crippen LogP contribution in [0.1, 0.15) is 34.1 Å². The van der Waals surface area contributed by atoms with Crippen molar-refractivity contribution in [2.24, 2.45) is 23.6 Å². The first kappa shape index (κ1) is 19.8. The molecular weight excluding hydrogens is 304 g/mol. The van der Waals surface area contributed by atoms with Gasteiger partial charge in [-0.2, -0.15) is 0 Å². The maximum atomic E-state index is 10.6. The summed E-state index contributed by atoms with van der Waals surface area (Å²) >= 11 is 0. The molecule has 0 amide bonds. The van der Waals surface area contributed by atoms with Crippen molar-refractivity contribution in [3.63, 3.8) is 0 Å². The molecular formula is C18H36N4O2. The molecule has 0 aromatic rings. The molecule has 0 aromatic heterocycles. The number of aliphatic hydroxyl groups is 1. The van der Waals surface area contributed by atoms with Gasteiger partial charge in [-0.15, -0.1) is 0 Å². The molecule has 6 nitrogen and oxygen atoms in total. The maximum Gasteiger partial charge on any atom is 0.216 e. The minimum Gasteiger partial charge on any atom is -0.356 e. The van der Waals surface area contributed by atoms with Gasteiger partial charge in [-0.1, -0.05) is 19.1 Å². The number of hydrazine groups is 1. The molecule has 2 aliphatic rings. The van der Waals surface area contributed by atoms with Crippen molar-refractivity contribution >= 4 is 0 Å². The van der Waals surface area contributed by atoms with Gasteiger partial charge in [-0.25, -0.2) is 5.01 Å². The molecule has 0 bridgehead atoms. The van der Waals surface area contributed by atoms with E-state index in [0.717, 1.165) is 26.1 Å². The average Bonchev–Trinajstić information content (AvgIpc) is 2.65. The number of nitrogens with two attached hydrogens (primary N) is 1. The fourth-order valence-electron chi connectivity index (χ4n) is 4.10. The lowest BCUT2D eigenvalue weighted by molar-refractivity contribution is -0.225. The van der Waals surface area contributed by atoms with Crippen molar-refractivity contribution in [2.45, 2.75) is 58.7 Å². The van der Waals surface area contributed by atoms with Crippen LogP contribution in [0.15, 0.2) is 12.2 Å². The van der Waals surface area contributed by atoms with Gasteiger partial charge in [-0.3, -0.25) is 10.7 Å². The zero-order valence-corrected chi connectivity index (χ0v) is 15.9. The first-order chi connectivity index (χ1) is 11.3. The third-order valence-electron chi connectivity index (χ3n) is 5.36. The Bertz CT molecular complexity index is 416. The van der Waals surface area contributed by atoms with Crippen LogP contribution in [-0.2, 0) is 4.74 Å². The van der Waals surface area contributed by atoms with Gasteiger partial charge >= 0.3 is 0 Å². The SMILES string of the molecule is CC(C)OC(O)N1CCNC(C)C2C=CC(C(C)CN(C)N)CC21. The Morgan fingerprint density at radius 2 is 2.08 bits per heavy atom. The molecule has 2 rings (SSSR count). The summed E-state index contributed by atoms with van der Waals surface area (Å²) in [6, 6.07) is 0.681. The lowest BCUT2D eigenvalue weighted by atomic mass is 9.76. The molecule has 1 saturated heterocycles. The first-order valence-electron chi connectivity index (χ1n) is 9.26. The molecule has 4 N–H and O–H groups in total. The van der Waals surface area contributed by atoms with E-state index < -0.39 is 6.41 Å². The number of allylic oxidation sites excluding steroid dienone is 1. The van der Waals surface area contributed by atoms with Crippen molar-refractivity contribution < 1.29 is 9.84 Å². The fourth-order valence-corrected chi connectivity index (χ4v) is 4.10. The fraction of sp³-hybridized carbons (Fsp3) is 0.889. The quantitative estimate of drug-likeness (QED) is 0.290. The summed E-state index contributed by atoms with van der Waals surface area (Å²) in [5.74, 6) is 7.17. The number of hydrogen-bond donors (Lipinski definition) is 3. The molecule has 1 aliphatic heterocycles. The van der Waals surface area contributed by atoms with Gasteiger partial charge < -0.3 is 15.2 Å². The predicted molar refractivity (Wildman–Crippen MR) is 96.9 cm³/mol. The van der Waals surface area contributed by atoms with Crippen LogP contribution < -0.4 is 11.2 Å². The monoisotopic (exact) mass is 340 g/mol. The van der Waals surface area contributed by atoms with Crippen LogP contribution in [-0.4, -0.2) is 66.3 Å². The Labute approximate surface area is 147 Å². The molecule has 0 saturated carbocycles. The molecule has 6 unspecified atom stereocenters. The van der Waals surface area contributed by atoms with Gasteiger partial charge in [0, 0.05) is 44.7 Å².